The Morgan fingerprint density at radius 3 is 2.56 bits per heavy atom. The number of amides is 1. The second kappa shape index (κ2) is 15.3. The third-order valence-electron chi connectivity index (χ3n) is 7.52. The van der Waals surface area contributed by atoms with Gasteiger partial charge in [-0.05, 0) is 61.6 Å². The number of unbranched alkanes of at least 4 members (excludes halogenated alkanes) is 1. The zero-order valence-electron chi connectivity index (χ0n) is 24.1. The molecule has 1 saturated heterocycles. The van der Waals surface area contributed by atoms with Crippen LogP contribution in [-0.4, -0.2) is 68.6 Å². The maximum absolute atomic E-state index is 11.9. The first-order valence-electron chi connectivity index (χ1n) is 14.3. The van der Waals surface area contributed by atoms with Crippen LogP contribution in [0.3, 0.4) is 0 Å². The van der Waals surface area contributed by atoms with Gasteiger partial charge in [0.2, 0.25) is 12.7 Å². The third-order valence-corrected chi connectivity index (χ3v) is 8.33. The molecule has 0 saturated carbocycles. The van der Waals surface area contributed by atoms with Crippen molar-refractivity contribution in [2.45, 2.75) is 33.6 Å². The SMILES string of the molecule is CC(C)C(C)CNC(=O)OCOc1ccc2ccc(OCCCCN3CCN(c4cccc(Cl)c4Cl)CC3)cc2n1. The van der Waals surface area contributed by atoms with Gasteiger partial charge < -0.3 is 24.4 Å². The first-order valence-corrected chi connectivity index (χ1v) is 15.0. The number of halogens is 2. The maximum Gasteiger partial charge on any atom is 0.410 e. The molecule has 1 unspecified atom stereocenters. The summed E-state index contributed by atoms with van der Waals surface area (Å²) in [5, 5.41) is 4.96. The van der Waals surface area contributed by atoms with Crippen molar-refractivity contribution < 1.29 is 19.0 Å². The van der Waals surface area contributed by atoms with Crippen LogP contribution in [0.15, 0.2) is 48.5 Å². The second-order valence-corrected chi connectivity index (χ2v) is 11.5. The highest BCUT2D eigenvalue weighted by Gasteiger charge is 2.19. The van der Waals surface area contributed by atoms with Gasteiger partial charge in [0, 0.05) is 50.2 Å². The van der Waals surface area contributed by atoms with Gasteiger partial charge in [-0.15, -0.1) is 0 Å². The number of nitrogens with zero attached hydrogens (tertiary/aromatic N) is 3. The smallest absolute Gasteiger partial charge is 0.410 e. The van der Waals surface area contributed by atoms with E-state index in [1.54, 1.807) is 6.07 Å². The molecule has 4 rings (SSSR count). The molecule has 1 aliphatic heterocycles. The fourth-order valence-corrected chi connectivity index (χ4v) is 4.91. The third kappa shape index (κ3) is 9.28. The van der Waals surface area contributed by atoms with E-state index in [1.807, 2.05) is 42.5 Å². The largest absolute Gasteiger partial charge is 0.494 e. The highest BCUT2D eigenvalue weighted by molar-refractivity contribution is 6.43. The second-order valence-electron chi connectivity index (χ2n) is 10.8. The number of rotatable bonds is 13. The lowest BCUT2D eigenvalue weighted by Crippen LogP contribution is -2.46. The lowest BCUT2D eigenvalue weighted by Gasteiger charge is -2.36. The van der Waals surface area contributed by atoms with Crippen molar-refractivity contribution in [1.29, 1.82) is 0 Å². The summed E-state index contributed by atoms with van der Waals surface area (Å²) >= 11 is 12.6. The van der Waals surface area contributed by atoms with E-state index in [1.165, 1.54) is 0 Å². The summed E-state index contributed by atoms with van der Waals surface area (Å²) in [6, 6.07) is 15.3. The van der Waals surface area contributed by atoms with Crippen LogP contribution in [-0.2, 0) is 4.74 Å². The van der Waals surface area contributed by atoms with Crippen molar-refractivity contribution in [2.75, 3.05) is 57.6 Å². The van der Waals surface area contributed by atoms with Crippen molar-refractivity contribution in [3.8, 4) is 11.6 Å². The summed E-state index contributed by atoms with van der Waals surface area (Å²) in [5.74, 6) is 2.00. The number of hydrogen-bond acceptors (Lipinski definition) is 7. The van der Waals surface area contributed by atoms with E-state index < -0.39 is 6.09 Å². The summed E-state index contributed by atoms with van der Waals surface area (Å²) in [5.41, 5.74) is 1.77. The number of anilines is 1. The van der Waals surface area contributed by atoms with Crippen LogP contribution in [0.2, 0.25) is 10.0 Å². The number of fused-ring (bicyclic) bond motifs is 1. The molecule has 0 bridgehead atoms. The Hall–Kier alpha value is -2.94. The number of hydrogen-bond donors (Lipinski definition) is 1. The standard InChI is InChI=1S/C31H40Cl2N4O4/c1-22(2)23(3)20-34-31(38)41-21-40-29-12-10-24-9-11-25(19-27(24)35-29)39-18-5-4-13-36-14-16-37(17-15-36)28-8-6-7-26(32)30(28)33/h6-12,19,22-23H,4-5,13-18,20-21H2,1-3H3,(H,34,38). The topological polar surface area (TPSA) is 76.2 Å². The van der Waals surface area contributed by atoms with E-state index in [-0.39, 0.29) is 6.79 Å². The summed E-state index contributed by atoms with van der Waals surface area (Å²) < 4.78 is 16.7. The summed E-state index contributed by atoms with van der Waals surface area (Å²) in [6.45, 7) is 12.2. The van der Waals surface area contributed by atoms with E-state index in [4.69, 9.17) is 37.4 Å². The lowest BCUT2D eigenvalue weighted by molar-refractivity contribution is 0.0562. The summed E-state index contributed by atoms with van der Waals surface area (Å²) in [4.78, 5) is 21.2. The number of carbonyl (C=O) groups excluding carboxylic acids is 1. The minimum Gasteiger partial charge on any atom is -0.494 e. The molecule has 8 nitrogen and oxygen atoms in total. The highest BCUT2D eigenvalue weighted by atomic mass is 35.5. The number of alkyl carbamates (subject to hydrolysis) is 1. The van der Waals surface area contributed by atoms with Gasteiger partial charge in [0.15, 0.2) is 0 Å². The van der Waals surface area contributed by atoms with Crippen molar-refractivity contribution >= 4 is 45.9 Å². The van der Waals surface area contributed by atoms with Crippen LogP contribution in [0, 0.1) is 11.8 Å². The van der Waals surface area contributed by atoms with Crippen LogP contribution in [0.25, 0.3) is 10.9 Å². The molecule has 10 heteroatoms. The molecular weight excluding hydrogens is 563 g/mol. The van der Waals surface area contributed by atoms with E-state index in [0.29, 0.717) is 40.9 Å². The Labute approximate surface area is 252 Å². The molecule has 0 radical (unpaired) electrons. The Morgan fingerprint density at radius 2 is 1.78 bits per heavy atom. The molecule has 2 aromatic carbocycles. The first-order chi connectivity index (χ1) is 19.8. The number of aromatic nitrogens is 1. The summed E-state index contributed by atoms with van der Waals surface area (Å²) in [7, 11) is 0. The number of ether oxygens (including phenoxy) is 3. The number of nitrogens with one attached hydrogen (secondary N) is 1. The van der Waals surface area contributed by atoms with Crippen LogP contribution >= 0.6 is 23.2 Å². The lowest BCUT2D eigenvalue weighted by atomic mass is 9.98. The molecule has 41 heavy (non-hydrogen) atoms. The van der Waals surface area contributed by atoms with E-state index in [0.717, 1.165) is 67.9 Å². The molecule has 1 fully saturated rings. The van der Waals surface area contributed by atoms with Gasteiger partial charge in [0.25, 0.3) is 0 Å². The van der Waals surface area contributed by atoms with Crippen molar-refractivity contribution in [2.24, 2.45) is 11.8 Å². The van der Waals surface area contributed by atoms with Crippen molar-refractivity contribution in [3.05, 3.63) is 58.6 Å². The molecule has 2 heterocycles. The molecular formula is C31H40Cl2N4O4. The fourth-order valence-electron chi connectivity index (χ4n) is 4.50. The van der Waals surface area contributed by atoms with Gasteiger partial charge in [-0.1, -0.05) is 50.0 Å². The van der Waals surface area contributed by atoms with Gasteiger partial charge >= 0.3 is 6.09 Å². The minimum absolute atomic E-state index is 0.208. The average molecular weight is 604 g/mol. The Bertz CT molecular complexity index is 1280. The predicted octanol–water partition coefficient (Wildman–Crippen LogP) is 6.88. The zero-order valence-corrected chi connectivity index (χ0v) is 25.6. The molecule has 0 spiro atoms. The van der Waals surface area contributed by atoms with Crippen molar-refractivity contribution in [3.63, 3.8) is 0 Å². The average Bonchev–Trinajstić information content (AvgIpc) is 2.97. The van der Waals surface area contributed by atoms with Gasteiger partial charge in [-0.3, -0.25) is 4.90 Å². The number of piperazine rings is 1. The Kier molecular flexibility index (Phi) is 11.6. The minimum atomic E-state index is -0.501. The normalized spacial score (nSPS) is 14.7. The van der Waals surface area contributed by atoms with Crippen molar-refractivity contribution in [1.82, 2.24) is 15.2 Å². The molecule has 0 aliphatic carbocycles. The molecule has 1 atom stereocenters. The Morgan fingerprint density at radius 1 is 1.00 bits per heavy atom. The molecule has 3 aromatic rings. The quantitative estimate of drug-likeness (QED) is 0.169. The van der Waals surface area contributed by atoms with Gasteiger partial charge in [-0.25, -0.2) is 9.78 Å². The highest BCUT2D eigenvalue weighted by Crippen LogP contribution is 2.33. The zero-order chi connectivity index (χ0) is 29.2. The summed E-state index contributed by atoms with van der Waals surface area (Å²) in [6.07, 6.45) is 1.52. The molecule has 1 N–H and O–H groups in total. The van der Waals surface area contributed by atoms with Crippen LogP contribution in [0.4, 0.5) is 10.5 Å². The number of benzene rings is 2. The Balaban J connectivity index is 1.14. The van der Waals surface area contributed by atoms with Gasteiger partial charge in [0.1, 0.15) is 5.75 Å². The number of pyridine rings is 1. The molecule has 1 amide bonds. The van der Waals surface area contributed by atoms with E-state index >= 15 is 0 Å². The van der Waals surface area contributed by atoms with Gasteiger partial charge in [0.05, 0.1) is 27.9 Å². The van der Waals surface area contributed by atoms with Crippen LogP contribution < -0.4 is 19.7 Å². The molecule has 1 aromatic heterocycles. The predicted molar refractivity (Wildman–Crippen MR) is 166 cm³/mol. The monoisotopic (exact) mass is 602 g/mol. The van der Waals surface area contributed by atoms with Crippen LogP contribution in [0.5, 0.6) is 11.6 Å². The van der Waals surface area contributed by atoms with Crippen LogP contribution in [0.1, 0.15) is 33.6 Å². The fraction of sp³-hybridized carbons (Fsp3) is 0.484. The molecule has 1 aliphatic rings. The maximum atomic E-state index is 11.9. The van der Waals surface area contributed by atoms with E-state index in [2.05, 4.69) is 40.9 Å². The first kappa shape index (κ1) is 31.0. The van der Waals surface area contributed by atoms with Gasteiger partial charge in [-0.2, -0.15) is 0 Å². The van der Waals surface area contributed by atoms with E-state index in [9.17, 15) is 4.79 Å². The number of carbonyl (C=O) groups is 1. The molecule has 222 valence electrons.